The minimum atomic E-state index is -1.37. The molecule has 7 nitrogen and oxygen atoms in total. The van der Waals surface area contributed by atoms with Gasteiger partial charge in [0.1, 0.15) is 5.82 Å². The fourth-order valence-electron chi connectivity index (χ4n) is 1.70. The number of hydrogen-bond acceptors (Lipinski definition) is 4. The highest BCUT2D eigenvalue weighted by Gasteiger charge is 2.24. The first kappa shape index (κ1) is 14.6. The molecule has 0 unspecified atom stereocenters. The number of carbonyl (C=O) groups is 1. The molecule has 0 spiro atoms. The van der Waals surface area contributed by atoms with Crippen molar-refractivity contribution in [3.63, 3.8) is 0 Å². The molecule has 0 bridgehead atoms. The minimum absolute atomic E-state index is 0.0327. The average molecular weight is 296 g/mol. The van der Waals surface area contributed by atoms with Crippen LogP contribution in [0.3, 0.4) is 0 Å². The number of rotatable bonds is 4. The Morgan fingerprint density at radius 1 is 1.48 bits per heavy atom. The van der Waals surface area contributed by atoms with E-state index in [1.54, 1.807) is 6.92 Å². The summed E-state index contributed by atoms with van der Waals surface area (Å²) in [6, 6.07) is 1.03. The van der Waals surface area contributed by atoms with E-state index in [0.29, 0.717) is 23.4 Å². The maximum Gasteiger partial charge on any atom is 0.308 e. The van der Waals surface area contributed by atoms with Crippen LogP contribution in [-0.2, 0) is 6.54 Å². The third kappa shape index (κ3) is 3.02. The second kappa shape index (κ2) is 5.65. The van der Waals surface area contributed by atoms with Crippen LogP contribution in [0.4, 0.5) is 14.5 Å². The van der Waals surface area contributed by atoms with E-state index < -0.39 is 33.7 Å². The first-order valence-electron chi connectivity index (χ1n) is 5.80. The molecule has 21 heavy (non-hydrogen) atoms. The van der Waals surface area contributed by atoms with Crippen molar-refractivity contribution >= 4 is 11.6 Å². The summed E-state index contributed by atoms with van der Waals surface area (Å²) >= 11 is 0. The molecule has 0 saturated carbocycles. The standard InChI is InChI=1S/C12H10F2N4O3/c1-6-7(5-16-17-6)4-15-12(19)9-2-8(13)3-10(11(9)14)18(20)21/h2-3,5H,4H2,1H3,(H,15,19)(H,16,17). The molecule has 0 radical (unpaired) electrons. The van der Waals surface area contributed by atoms with E-state index in [1.807, 2.05) is 0 Å². The van der Waals surface area contributed by atoms with Crippen molar-refractivity contribution in [3.05, 3.63) is 56.9 Å². The molecule has 110 valence electrons. The van der Waals surface area contributed by atoms with Crippen LogP contribution in [0.15, 0.2) is 18.3 Å². The summed E-state index contributed by atoms with van der Waals surface area (Å²) in [5, 5.41) is 19.3. The molecular formula is C12H10F2N4O3. The molecule has 0 fully saturated rings. The second-order valence-corrected chi connectivity index (χ2v) is 4.25. The molecule has 1 amide bonds. The van der Waals surface area contributed by atoms with Crippen LogP contribution < -0.4 is 5.32 Å². The lowest BCUT2D eigenvalue weighted by molar-refractivity contribution is -0.387. The van der Waals surface area contributed by atoms with Gasteiger partial charge in [0.2, 0.25) is 5.82 Å². The number of nitrogens with zero attached hydrogens (tertiary/aromatic N) is 2. The summed E-state index contributed by atoms with van der Waals surface area (Å²) in [4.78, 5) is 21.3. The van der Waals surface area contributed by atoms with Crippen molar-refractivity contribution in [1.29, 1.82) is 0 Å². The number of carbonyl (C=O) groups excluding carboxylic acids is 1. The van der Waals surface area contributed by atoms with Crippen molar-refractivity contribution in [3.8, 4) is 0 Å². The normalized spacial score (nSPS) is 10.4. The number of nitrogens with one attached hydrogen (secondary N) is 2. The van der Waals surface area contributed by atoms with Gasteiger partial charge in [0, 0.05) is 17.8 Å². The number of benzene rings is 1. The minimum Gasteiger partial charge on any atom is -0.348 e. The van der Waals surface area contributed by atoms with Crippen LogP contribution in [0, 0.1) is 28.7 Å². The number of nitro benzene ring substituents is 1. The van der Waals surface area contributed by atoms with Crippen LogP contribution in [0.25, 0.3) is 0 Å². The van der Waals surface area contributed by atoms with Crippen LogP contribution in [-0.4, -0.2) is 21.0 Å². The third-order valence-corrected chi connectivity index (χ3v) is 2.83. The van der Waals surface area contributed by atoms with E-state index >= 15 is 0 Å². The maximum atomic E-state index is 13.8. The highest BCUT2D eigenvalue weighted by molar-refractivity contribution is 5.95. The molecule has 0 aliphatic rings. The summed E-state index contributed by atoms with van der Waals surface area (Å²) in [5.41, 5.74) is -0.432. The van der Waals surface area contributed by atoms with Crippen molar-refractivity contribution in [2.24, 2.45) is 0 Å². The van der Waals surface area contributed by atoms with Crippen molar-refractivity contribution in [1.82, 2.24) is 15.5 Å². The van der Waals surface area contributed by atoms with E-state index in [1.165, 1.54) is 6.20 Å². The Morgan fingerprint density at radius 2 is 2.19 bits per heavy atom. The zero-order chi connectivity index (χ0) is 15.6. The maximum absolute atomic E-state index is 13.8. The van der Waals surface area contributed by atoms with Crippen molar-refractivity contribution in [2.45, 2.75) is 13.5 Å². The molecule has 2 N–H and O–H groups in total. The van der Waals surface area contributed by atoms with Crippen molar-refractivity contribution in [2.75, 3.05) is 0 Å². The second-order valence-electron chi connectivity index (χ2n) is 4.25. The van der Waals surface area contributed by atoms with Gasteiger partial charge in [-0.3, -0.25) is 20.0 Å². The zero-order valence-electron chi connectivity index (χ0n) is 10.8. The predicted molar refractivity (Wildman–Crippen MR) is 67.5 cm³/mol. The van der Waals surface area contributed by atoms with Crippen LogP contribution in [0.1, 0.15) is 21.6 Å². The van der Waals surface area contributed by atoms with Gasteiger partial charge in [-0.2, -0.15) is 9.49 Å². The van der Waals surface area contributed by atoms with Crippen LogP contribution in [0.5, 0.6) is 0 Å². The Labute approximate surface area is 117 Å². The topological polar surface area (TPSA) is 101 Å². The van der Waals surface area contributed by atoms with E-state index in [9.17, 15) is 23.7 Å². The molecular weight excluding hydrogens is 286 g/mol. The van der Waals surface area contributed by atoms with Crippen molar-refractivity contribution < 1.29 is 18.5 Å². The van der Waals surface area contributed by atoms with Gasteiger partial charge >= 0.3 is 5.69 Å². The summed E-state index contributed by atoms with van der Waals surface area (Å²) in [6.45, 7) is 1.76. The van der Waals surface area contributed by atoms with Gasteiger partial charge in [-0.15, -0.1) is 0 Å². The Kier molecular flexibility index (Phi) is 3.92. The highest BCUT2D eigenvalue weighted by atomic mass is 19.1. The van der Waals surface area contributed by atoms with E-state index in [-0.39, 0.29) is 6.54 Å². The number of aryl methyl sites for hydroxylation is 1. The molecule has 1 heterocycles. The Bertz CT molecular complexity index is 715. The summed E-state index contributed by atoms with van der Waals surface area (Å²) < 4.78 is 27.1. The largest absolute Gasteiger partial charge is 0.348 e. The third-order valence-electron chi connectivity index (χ3n) is 2.83. The first-order valence-corrected chi connectivity index (χ1v) is 5.80. The van der Waals surface area contributed by atoms with E-state index in [2.05, 4.69) is 15.5 Å². The fraction of sp³-hybridized carbons (Fsp3) is 0.167. The van der Waals surface area contributed by atoms with Gasteiger partial charge in [-0.25, -0.2) is 4.39 Å². The van der Waals surface area contributed by atoms with E-state index in [0.717, 1.165) is 0 Å². The number of nitro groups is 1. The fourth-order valence-corrected chi connectivity index (χ4v) is 1.70. The number of halogens is 2. The molecule has 1 aromatic heterocycles. The van der Waals surface area contributed by atoms with Gasteiger partial charge in [0.25, 0.3) is 5.91 Å². The Hall–Kier alpha value is -2.84. The smallest absolute Gasteiger partial charge is 0.308 e. The molecule has 1 aromatic carbocycles. The monoisotopic (exact) mass is 296 g/mol. The number of aromatic nitrogens is 2. The molecule has 0 saturated heterocycles. The van der Waals surface area contributed by atoms with Crippen LogP contribution in [0.2, 0.25) is 0 Å². The average Bonchev–Trinajstić information content (AvgIpc) is 2.83. The molecule has 2 aromatic rings. The summed E-state index contributed by atoms with van der Waals surface area (Å²) in [6.07, 6.45) is 1.47. The summed E-state index contributed by atoms with van der Waals surface area (Å²) in [5.74, 6) is -3.38. The predicted octanol–water partition coefficient (Wildman–Crippen LogP) is 1.83. The van der Waals surface area contributed by atoms with E-state index in [4.69, 9.17) is 0 Å². The lowest BCUT2D eigenvalue weighted by Gasteiger charge is -2.06. The highest BCUT2D eigenvalue weighted by Crippen LogP contribution is 2.22. The van der Waals surface area contributed by atoms with Gasteiger partial charge in [-0.05, 0) is 13.0 Å². The summed E-state index contributed by atoms with van der Waals surface area (Å²) in [7, 11) is 0. The van der Waals surface area contributed by atoms with Crippen LogP contribution >= 0.6 is 0 Å². The van der Waals surface area contributed by atoms with Gasteiger partial charge in [0.15, 0.2) is 0 Å². The number of amides is 1. The lowest BCUT2D eigenvalue weighted by Crippen LogP contribution is -2.24. The molecule has 0 aliphatic heterocycles. The number of H-pyrrole nitrogens is 1. The number of aromatic amines is 1. The lowest BCUT2D eigenvalue weighted by atomic mass is 10.1. The van der Waals surface area contributed by atoms with Gasteiger partial charge in [0.05, 0.1) is 22.7 Å². The zero-order valence-corrected chi connectivity index (χ0v) is 10.8. The van der Waals surface area contributed by atoms with Gasteiger partial charge in [-0.1, -0.05) is 0 Å². The molecule has 2 rings (SSSR count). The molecule has 0 atom stereocenters. The first-order chi connectivity index (χ1) is 9.90. The molecule has 9 heteroatoms. The Balaban J connectivity index is 2.23. The SMILES string of the molecule is Cc1[nH]ncc1CNC(=O)c1cc(F)cc([N+](=O)[O-])c1F. The molecule has 0 aliphatic carbocycles. The Morgan fingerprint density at radius 3 is 2.76 bits per heavy atom. The van der Waals surface area contributed by atoms with Gasteiger partial charge < -0.3 is 5.32 Å². The number of hydrogen-bond donors (Lipinski definition) is 2. The quantitative estimate of drug-likeness (QED) is 0.664.